The van der Waals surface area contributed by atoms with Crippen LogP contribution in [-0.4, -0.2) is 18.6 Å². The molecule has 1 aromatic rings. The number of rotatable bonds is 4. The molecular weight excluding hydrogens is 250 g/mol. The fourth-order valence-corrected chi connectivity index (χ4v) is 2.84. The van der Waals surface area contributed by atoms with Crippen molar-refractivity contribution in [1.29, 1.82) is 0 Å². The number of benzene rings is 1. The van der Waals surface area contributed by atoms with E-state index in [2.05, 4.69) is 12.2 Å². The quantitative estimate of drug-likeness (QED) is 0.915. The molecule has 1 saturated carbocycles. The summed E-state index contributed by atoms with van der Waals surface area (Å²) in [6.07, 6.45) is 4.61. The normalized spacial score (nSPS) is 22.4. The Kier molecular flexibility index (Phi) is 5.05. The van der Waals surface area contributed by atoms with Crippen LogP contribution in [0.15, 0.2) is 18.2 Å². The fraction of sp³-hybridized carbons (Fsp3) is 0.588. The molecule has 1 aliphatic rings. The van der Waals surface area contributed by atoms with E-state index in [9.17, 15) is 4.79 Å². The average Bonchev–Trinajstić information content (AvgIpc) is 2.41. The molecule has 0 aliphatic heterocycles. The third kappa shape index (κ3) is 3.99. The van der Waals surface area contributed by atoms with E-state index < -0.39 is 0 Å². The second-order valence-electron chi connectivity index (χ2n) is 6.03. The minimum absolute atomic E-state index is 0.00722. The summed E-state index contributed by atoms with van der Waals surface area (Å²) in [5.41, 5.74) is 2.15. The van der Waals surface area contributed by atoms with E-state index in [1.54, 1.807) is 0 Å². The molecule has 1 fully saturated rings. The Balaban J connectivity index is 1.80. The number of hydrogen-bond donors (Lipinski definition) is 1. The molecule has 3 heteroatoms. The van der Waals surface area contributed by atoms with Crippen LogP contribution in [0.1, 0.15) is 43.7 Å². The third-order valence-electron chi connectivity index (χ3n) is 4.14. The van der Waals surface area contributed by atoms with Crippen LogP contribution in [0.4, 0.5) is 0 Å². The van der Waals surface area contributed by atoms with Crippen LogP contribution in [0, 0.1) is 19.8 Å². The van der Waals surface area contributed by atoms with Crippen molar-refractivity contribution in [3.63, 3.8) is 0 Å². The highest BCUT2D eigenvalue weighted by atomic mass is 16.5. The number of carbonyl (C=O) groups is 1. The smallest absolute Gasteiger partial charge is 0.258 e. The SMILES string of the molecule is Cc1cccc(C)c1OCC(=O)NC1CCC(C)CC1. The molecule has 0 atom stereocenters. The molecule has 1 amide bonds. The molecule has 1 N–H and O–H groups in total. The molecule has 2 rings (SSSR count). The van der Waals surface area contributed by atoms with E-state index in [-0.39, 0.29) is 12.5 Å². The van der Waals surface area contributed by atoms with Crippen LogP contribution in [0.3, 0.4) is 0 Å². The Morgan fingerprint density at radius 2 is 1.80 bits per heavy atom. The number of aryl methyl sites for hydroxylation is 2. The van der Waals surface area contributed by atoms with Crippen molar-refractivity contribution in [2.45, 2.75) is 52.5 Å². The van der Waals surface area contributed by atoms with Crippen molar-refractivity contribution < 1.29 is 9.53 Å². The second kappa shape index (κ2) is 6.78. The van der Waals surface area contributed by atoms with Gasteiger partial charge < -0.3 is 10.1 Å². The van der Waals surface area contributed by atoms with Crippen LogP contribution < -0.4 is 10.1 Å². The summed E-state index contributed by atoms with van der Waals surface area (Å²) >= 11 is 0. The first-order valence-corrected chi connectivity index (χ1v) is 7.54. The summed E-state index contributed by atoms with van der Waals surface area (Å²) in [6.45, 7) is 6.39. The van der Waals surface area contributed by atoms with Gasteiger partial charge in [-0.1, -0.05) is 25.1 Å². The van der Waals surface area contributed by atoms with Crippen LogP contribution in [0.2, 0.25) is 0 Å². The predicted octanol–water partition coefficient (Wildman–Crippen LogP) is 3.38. The van der Waals surface area contributed by atoms with Gasteiger partial charge in [-0.15, -0.1) is 0 Å². The van der Waals surface area contributed by atoms with Gasteiger partial charge in [-0.2, -0.15) is 0 Å². The Bertz CT molecular complexity index is 442. The van der Waals surface area contributed by atoms with Crippen LogP contribution in [-0.2, 0) is 4.79 Å². The Hall–Kier alpha value is -1.51. The first-order valence-electron chi connectivity index (χ1n) is 7.54. The number of nitrogens with one attached hydrogen (secondary N) is 1. The van der Waals surface area contributed by atoms with Gasteiger partial charge in [-0.3, -0.25) is 4.79 Å². The molecule has 0 aromatic heterocycles. The summed E-state index contributed by atoms with van der Waals surface area (Å²) in [7, 11) is 0. The minimum Gasteiger partial charge on any atom is -0.483 e. The number of amides is 1. The predicted molar refractivity (Wildman–Crippen MR) is 81.0 cm³/mol. The maximum absolute atomic E-state index is 12.0. The zero-order chi connectivity index (χ0) is 14.5. The van der Waals surface area contributed by atoms with E-state index in [1.165, 1.54) is 12.8 Å². The van der Waals surface area contributed by atoms with Crippen molar-refractivity contribution in [3.8, 4) is 5.75 Å². The number of ether oxygens (including phenoxy) is 1. The summed E-state index contributed by atoms with van der Waals surface area (Å²) in [6, 6.07) is 6.34. The van der Waals surface area contributed by atoms with Crippen LogP contribution >= 0.6 is 0 Å². The van der Waals surface area contributed by atoms with E-state index in [1.807, 2.05) is 32.0 Å². The number of carbonyl (C=O) groups excluding carboxylic acids is 1. The summed E-state index contributed by atoms with van der Waals surface area (Å²) in [5, 5.41) is 3.08. The van der Waals surface area contributed by atoms with Gasteiger partial charge in [0, 0.05) is 6.04 Å². The van der Waals surface area contributed by atoms with Crippen molar-refractivity contribution in [1.82, 2.24) is 5.32 Å². The molecule has 3 nitrogen and oxygen atoms in total. The Morgan fingerprint density at radius 1 is 1.20 bits per heavy atom. The first kappa shape index (κ1) is 14.9. The maximum Gasteiger partial charge on any atom is 0.258 e. The molecule has 0 bridgehead atoms. The lowest BCUT2D eigenvalue weighted by Gasteiger charge is -2.26. The fourth-order valence-electron chi connectivity index (χ4n) is 2.84. The monoisotopic (exact) mass is 275 g/mol. The highest BCUT2D eigenvalue weighted by molar-refractivity contribution is 5.77. The van der Waals surface area contributed by atoms with Crippen LogP contribution in [0.25, 0.3) is 0 Å². The van der Waals surface area contributed by atoms with Gasteiger partial charge in [0.2, 0.25) is 0 Å². The van der Waals surface area contributed by atoms with E-state index in [0.29, 0.717) is 6.04 Å². The van der Waals surface area contributed by atoms with Gasteiger partial charge in [-0.25, -0.2) is 0 Å². The van der Waals surface area contributed by atoms with Crippen molar-refractivity contribution >= 4 is 5.91 Å². The Morgan fingerprint density at radius 3 is 2.40 bits per heavy atom. The van der Waals surface area contributed by atoms with Gasteiger partial charge in [-0.05, 0) is 56.6 Å². The second-order valence-corrected chi connectivity index (χ2v) is 6.03. The lowest BCUT2D eigenvalue weighted by atomic mass is 9.87. The molecule has 0 unspecified atom stereocenters. The molecule has 0 heterocycles. The summed E-state index contributed by atoms with van der Waals surface area (Å²) in [4.78, 5) is 12.0. The first-order chi connectivity index (χ1) is 9.56. The largest absolute Gasteiger partial charge is 0.483 e. The van der Waals surface area contributed by atoms with E-state index in [0.717, 1.165) is 35.6 Å². The summed E-state index contributed by atoms with van der Waals surface area (Å²) < 4.78 is 5.68. The van der Waals surface area contributed by atoms with Crippen LogP contribution in [0.5, 0.6) is 5.75 Å². The molecule has 110 valence electrons. The van der Waals surface area contributed by atoms with Gasteiger partial charge >= 0.3 is 0 Å². The third-order valence-corrected chi connectivity index (χ3v) is 4.14. The summed E-state index contributed by atoms with van der Waals surface area (Å²) in [5.74, 6) is 1.63. The highest BCUT2D eigenvalue weighted by Crippen LogP contribution is 2.24. The van der Waals surface area contributed by atoms with Gasteiger partial charge in [0.1, 0.15) is 5.75 Å². The molecule has 1 aliphatic carbocycles. The lowest BCUT2D eigenvalue weighted by molar-refractivity contribution is -0.124. The van der Waals surface area contributed by atoms with Crippen molar-refractivity contribution in [3.05, 3.63) is 29.3 Å². The number of para-hydroxylation sites is 1. The molecular formula is C17H25NO2. The maximum atomic E-state index is 12.0. The average molecular weight is 275 g/mol. The zero-order valence-electron chi connectivity index (χ0n) is 12.7. The van der Waals surface area contributed by atoms with Crippen molar-refractivity contribution in [2.24, 2.45) is 5.92 Å². The molecule has 0 spiro atoms. The zero-order valence-corrected chi connectivity index (χ0v) is 12.7. The molecule has 0 radical (unpaired) electrons. The van der Waals surface area contributed by atoms with E-state index in [4.69, 9.17) is 4.74 Å². The van der Waals surface area contributed by atoms with Gasteiger partial charge in [0.25, 0.3) is 5.91 Å². The molecule has 20 heavy (non-hydrogen) atoms. The van der Waals surface area contributed by atoms with Gasteiger partial charge in [0.05, 0.1) is 0 Å². The van der Waals surface area contributed by atoms with E-state index >= 15 is 0 Å². The number of hydrogen-bond acceptors (Lipinski definition) is 2. The minimum atomic E-state index is -0.00722. The Labute approximate surface area is 121 Å². The highest BCUT2D eigenvalue weighted by Gasteiger charge is 2.19. The van der Waals surface area contributed by atoms with Crippen molar-refractivity contribution in [2.75, 3.05) is 6.61 Å². The standard InChI is InChI=1S/C17H25NO2/c1-12-7-9-15(10-8-12)18-16(19)11-20-17-13(2)5-4-6-14(17)3/h4-6,12,15H,7-11H2,1-3H3,(H,18,19). The van der Waals surface area contributed by atoms with Gasteiger partial charge in [0.15, 0.2) is 6.61 Å². The lowest BCUT2D eigenvalue weighted by Crippen LogP contribution is -2.39. The molecule has 1 aromatic carbocycles. The molecule has 0 saturated heterocycles. The topological polar surface area (TPSA) is 38.3 Å².